The van der Waals surface area contributed by atoms with Gasteiger partial charge in [0.15, 0.2) is 5.96 Å². The summed E-state index contributed by atoms with van der Waals surface area (Å²) in [6.45, 7) is 12.3. The lowest BCUT2D eigenvalue weighted by Gasteiger charge is -2.41. The molecular formula is C20H36IN5O2. The topological polar surface area (TPSA) is 71.0 Å². The van der Waals surface area contributed by atoms with Crippen LogP contribution in [0.25, 0.3) is 0 Å². The van der Waals surface area contributed by atoms with Gasteiger partial charge < -0.3 is 20.1 Å². The average molecular weight is 505 g/mol. The summed E-state index contributed by atoms with van der Waals surface area (Å²) < 4.78 is 11.3. The molecule has 28 heavy (non-hydrogen) atoms. The first-order chi connectivity index (χ1) is 13.1. The first-order valence-electron chi connectivity index (χ1n) is 9.91. The Hall–Kier alpha value is -1.13. The number of guanidine groups is 1. The lowest BCUT2D eigenvalue weighted by atomic mass is 10.0. The largest absolute Gasteiger partial charge is 0.477 e. The Kier molecular flexibility index (Phi) is 11.7. The van der Waals surface area contributed by atoms with E-state index in [4.69, 9.17) is 9.47 Å². The first kappa shape index (κ1) is 24.9. The van der Waals surface area contributed by atoms with E-state index in [9.17, 15) is 0 Å². The van der Waals surface area contributed by atoms with E-state index < -0.39 is 0 Å². The normalized spacial score (nSPS) is 15.6. The van der Waals surface area contributed by atoms with Crippen molar-refractivity contribution in [2.24, 2.45) is 4.99 Å². The molecule has 0 amide bonds. The molecule has 0 bridgehead atoms. The molecule has 0 aliphatic carbocycles. The Labute approximate surface area is 186 Å². The average Bonchev–Trinajstić information content (AvgIpc) is 2.70. The van der Waals surface area contributed by atoms with E-state index in [1.165, 1.54) is 0 Å². The highest BCUT2D eigenvalue weighted by atomic mass is 127. The summed E-state index contributed by atoms with van der Waals surface area (Å²) in [4.78, 5) is 11.2. The van der Waals surface area contributed by atoms with E-state index in [0.29, 0.717) is 19.0 Å². The van der Waals surface area contributed by atoms with Crippen LogP contribution in [0.2, 0.25) is 0 Å². The molecule has 8 heteroatoms. The summed E-state index contributed by atoms with van der Waals surface area (Å²) in [6, 6.07) is 3.97. The van der Waals surface area contributed by atoms with Crippen LogP contribution in [-0.2, 0) is 11.3 Å². The second-order valence-corrected chi connectivity index (χ2v) is 7.36. The molecule has 1 aliphatic rings. The highest BCUT2D eigenvalue weighted by Gasteiger charge is 2.28. The van der Waals surface area contributed by atoms with Gasteiger partial charge in [0, 0.05) is 50.5 Å². The number of hydrogen-bond donors (Lipinski definition) is 2. The minimum Gasteiger partial charge on any atom is -0.477 e. The zero-order valence-electron chi connectivity index (χ0n) is 17.7. The SMILES string of the molecule is CCCCOc1ncccc1CNC(=NC)NCC(C)(C)N1CCOCC1.I. The quantitative estimate of drug-likeness (QED) is 0.233. The molecule has 2 heterocycles. The number of nitrogens with zero attached hydrogens (tertiary/aromatic N) is 3. The van der Waals surface area contributed by atoms with Crippen molar-refractivity contribution in [2.45, 2.75) is 45.7 Å². The molecule has 0 unspecified atom stereocenters. The van der Waals surface area contributed by atoms with Crippen LogP contribution < -0.4 is 15.4 Å². The third-order valence-corrected chi connectivity index (χ3v) is 4.81. The van der Waals surface area contributed by atoms with Crippen molar-refractivity contribution in [3.05, 3.63) is 23.9 Å². The van der Waals surface area contributed by atoms with Crippen LogP contribution in [0.3, 0.4) is 0 Å². The fourth-order valence-electron chi connectivity index (χ4n) is 2.98. The summed E-state index contributed by atoms with van der Waals surface area (Å²) in [5, 5.41) is 6.81. The smallest absolute Gasteiger partial charge is 0.218 e. The van der Waals surface area contributed by atoms with Gasteiger partial charge in [0.05, 0.1) is 19.8 Å². The predicted molar refractivity (Wildman–Crippen MR) is 125 cm³/mol. The molecule has 2 rings (SSSR count). The number of aromatic nitrogens is 1. The van der Waals surface area contributed by atoms with Crippen LogP contribution in [0, 0.1) is 0 Å². The van der Waals surface area contributed by atoms with Crippen LogP contribution in [0.4, 0.5) is 0 Å². The highest BCUT2D eigenvalue weighted by Crippen LogP contribution is 2.16. The van der Waals surface area contributed by atoms with E-state index >= 15 is 0 Å². The van der Waals surface area contributed by atoms with Crippen molar-refractivity contribution < 1.29 is 9.47 Å². The van der Waals surface area contributed by atoms with E-state index in [0.717, 1.165) is 57.2 Å². The maximum Gasteiger partial charge on any atom is 0.218 e. The summed E-state index contributed by atoms with van der Waals surface area (Å²) in [5.74, 6) is 1.47. The maximum absolute atomic E-state index is 5.81. The molecule has 0 atom stereocenters. The van der Waals surface area contributed by atoms with Crippen molar-refractivity contribution in [3.8, 4) is 5.88 Å². The number of aliphatic imine (C=N–C) groups is 1. The minimum absolute atomic E-state index is 0. The van der Waals surface area contributed by atoms with Gasteiger partial charge in [-0.3, -0.25) is 9.89 Å². The molecule has 1 aromatic rings. The van der Waals surface area contributed by atoms with Crippen molar-refractivity contribution in [1.29, 1.82) is 0 Å². The van der Waals surface area contributed by atoms with Crippen molar-refractivity contribution in [2.75, 3.05) is 46.5 Å². The lowest BCUT2D eigenvalue weighted by Crippen LogP contribution is -2.56. The maximum atomic E-state index is 5.81. The zero-order chi connectivity index (χ0) is 19.5. The third kappa shape index (κ3) is 8.08. The summed E-state index contributed by atoms with van der Waals surface area (Å²) in [5.41, 5.74) is 1.06. The molecule has 0 aromatic carbocycles. The number of morpholine rings is 1. The van der Waals surface area contributed by atoms with Gasteiger partial charge in [0.25, 0.3) is 0 Å². The summed E-state index contributed by atoms with van der Waals surface area (Å²) in [7, 11) is 1.79. The number of nitrogens with one attached hydrogen (secondary N) is 2. The van der Waals surface area contributed by atoms with Crippen LogP contribution in [-0.4, -0.2) is 67.9 Å². The Morgan fingerprint density at radius 3 is 2.75 bits per heavy atom. The number of hydrogen-bond acceptors (Lipinski definition) is 5. The fraction of sp³-hybridized carbons (Fsp3) is 0.700. The molecular weight excluding hydrogens is 469 g/mol. The van der Waals surface area contributed by atoms with E-state index in [1.807, 2.05) is 12.1 Å². The standard InChI is InChI=1S/C20H35N5O2.HI/c1-5-6-12-27-18-17(8-7-9-22-18)15-23-19(21-4)24-16-20(2,3)25-10-13-26-14-11-25;/h7-9H,5-6,10-16H2,1-4H3,(H2,21,23,24);1H. The molecule has 2 N–H and O–H groups in total. The zero-order valence-corrected chi connectivity index (χ0v) is 20.0. The van der Waals surface area contributed by atoms with Gasteiger partial charge >= 0.3 is 0 Å². The van der Waals surface area contributed by atoms with E-state index in [1.54, 1.807) is 13.2 Å². The van der Waals surface area contributed by atoms with Gasteiger partial charge in [-0.2, -0.15) is 0 Å². The fourth-order valence-corrected chi connectivity index (χ4v) is 2.98. The molecule has 1 fully saturated rings. The number of pyridine rings is 1. The number of halogens is 1. The molecule has 0 spiro atoms. The Morgan fingerprint density at radius 2 is 2.07 bits per heavy atom. The van der Waals surface area contributed by atoms with Crippen LogP contribution >= 0.6 is 24.0 Å². The summed E-state index contributed by atoms with van der Waals surface area (Å²) >= 11 is 0. The van der Waals surface area contributed by atoms with Crippen molar-refractivity contribution >= 4 is 29.9 Å². The Bertz CT molecular complexity index is 592. The monoisotopic (exact) mass is 505 g/mol. The highest BCUT2D eigenvalue weighted by molar-refractivity contribution is 14.0. The molecule has 0 saturated carbocycles. The van der Waals surface area contributed by atoms with Gasteiger partial charge in [-0.25, -0.2) is 4.98 Å². The molecule has 0 radical (unpaired) electrons. The van der Waals surface area contributed by atoms with Gasteiger partial charge in [0.1, 0.15) is 0 Å². The van der Waals surface area contributed by atoms with Crippen molar-refractivity contribution in [3.63, 3.8) is 0 Å². The van der Waals surface area contributed by atoms with Gasteiger partial charge in [-0.1, -0.05) is 19.4 Å². The number of unbranched alkanes of at least 4 members (excludes halogenated alkanes) is 1. The second-order valence-electron chi connectivity index (χ2n) is 7.36. The molecule has 1 aliphatic heterocycles. The van der Waals surface area contributed by atoms with Crippen molar-refractivity contribution in [1.82, 2.24) is 20.5 Å². The molecule has 7 nitrogen and oxygen atoms in total. The second kappa shape index (κ2) is 13.2. The molecule has 1 saturated heterocycles. The Balaban J connectivity index is 0.00000392. The number of rotatable bonds is 9. The van der Waals surface area contributed by atoms with E-state index in [-0.39, 0.29) is 29.5 Å². The van der Waals surface area contributed by atoms with E-state index in [2.05, 4.69) is 46.3 Å². The third-order valence-electron chi connectivity index (χ3n) is 4.81. The van der Waals surface area contributed by atoms with Gasteiger partial charge in [0.2, 0.25) is 5.88 Å². The minimum atomic E-state index is 0. The molecule has 1 aromatic heterocycles. The first-order valence-corrected chi connectivity index (χ1v) is 9.91. The van der Waals surface area contributed by atoms with Gasteiger partial charge in [-0.05, 0) is 26.3 Å². The van der Waals surface area contributed by atoms with Crippen LogP contribution in [0.1, 0.15) is 39.2 Å². The predicted octanol–water partition coefficient (Wildman–Crippen LogP) is 2.65. The Morgan fingerprint density at radius 1 is 1.32 bits per heavy atom. The lowest BCUT2D eigenvalue weighted by molar-refractivity contribution is -0.00834. The van der Waals surface area contributed by atoms with Crippen LogP contribution in [0.5, 0.6) is 5.88 Å². The van der Waals surface area contributed by atoms with Crippen LogP contribution in [0.15, 0.2) is 23.3 Å². The van der Waals surface area contributed by atoms with Gasteiger partial charge in [-0.15, -0.1) is 24.0 Å². The molecule has 160 valence electrons. The summed E-state index contributed by atoms with van der Waals surface area (Å²) in [6.07, 6.45) is 3.90. The number of ether oxygens (including phenoxy) is 2.